The molecule has 3 aromatic carbocycles. The molecule has 29 heavy (non-hydrogen) atoms. The Morgan fingerprint density at radius 3 is 1.76 bits per heavy atom. The lowest BCUT2D eigenvalue weighted by Crippen LogP contribution is -2.12. The highest BCUT2D eigenvalue weighted by molar-refractivity contribution is 7.92. The molecular weight excluding hydrogens is 380 g/mol. The smallest absolute Gasteiger partial charge is 0.261 e. The van der Waals surface area contributed by atoms with Crippen molar-refractivity contribution in [3.63, 3.8) is 0 Å². The van der Waals surface area contributed by atoms with Gasteiger partial charge in [0, 0.05) is 11.4 Å². The summed E-state index contributed by atoms with van der Waals surface area (Å²) < 4.78 is 27.0. The van der Waals surface area contributed by atoms with E-state index < -0.39 is 10.0 Å². The van der Waals surface area contributed by atoms with E-state index in [-0.39, 0.29) is 4.90 Å². The van der Waals surface area contributed by atoms with Gasteiger partial charge in [0.2, 0.25) is 0 Å². The second-order valence-electron chi connectivity index (χ2n) is 6.52. The zero-order chi connectivity index (χ0) is 21.3. The van der Waals surface area contributed by atoms with Gasteiger partial charge in [-0.3, -0.25) is 4.72 Å². The number of rotatable bonds is 6. The molecule has 4 nitrogen and oxygen atoms in total. The van der Waals surface area contributed by atoms with Gasteiger partial charge in [-0.15, -0.1) is 0 Å². The second-order valence-corrected chi connectivity index (χ2v) is 8.21. The molecule has 3 N–H and O–H groups in total. The Balaban J connectivity index is 0.000000278. The topological polar surface area (TPSA) is 72.2 Å². The van der Waals surface area contributed by atoms with E-state index in [2.05, 4.69) is 37.3 Å². The Kier molecular flexibility index (Phi) is 8.04. The summed E-state index contributed by atoms with van der Waals surface area (Å²) in [7, 11) is -3.54. The van der Waals surface area contributed by atoms with Gasteiger partial charge in [-0.25, -0.2) is 8.42 Å². The monoisotopic (exact) mass is 408 g/mol. The summed E-state index contributed by atoms with van der Waals surface area (Å²) in [5.41, 5.74) is 10.3. The zero-order valence-corrected chi connectivity index (χ0v) is 17.7. The van der Waals surface area contributed by atoms with Crippen LogP contribution in [0.15, 0.2) is 84.3 Å². The molecule has 0 bridgehead atoms. The first kappa shape index (κ1) is 22.2. The number of benzene rings is 3. The van der Waals surface area contributed by atoms with Gasteiger partial charge in [0.05, 0.1) is 4.90 Å². The van der Waals surface area contributed by atoms with Crippen molar-refractivity contribution in [2.75, 3.05) is 10.5 Å². The SMILES string of the molecule is C=Cc1ccc(S(=O)(=O)Nc2ccc(CC)cc2)cc1.CCc1ccc(N)cc1. The largest absolute Gasteiger partial charge is 0.399 e. The highest BCUT2D eigenvalue weighted by Gasteiger charge is 2.13. The Morgan fingerprint density at radius 1 is 0.828 bits per heavy atom. The van der Waals surface area contributed by atoms with Gasteiger partial charge in [0.1, 0.15) is 0 Å². The highest BCUT2D eigenvalue weighted by atomic mass is 32.2. The number of nitrogens with two attached hydrogens (primary N) is 1. The maximum atomic E-state index is 12.2. The minimum absolute atomic E-state index is 0.239. The third kappa shape index (κ3) is 6.80. The molecule has 0 saturated heterocycles. The van der Waals surface area contributed by atoms with Crippen molar-refractivity contribution in [3.8, 4) is 0 Å². The lowest BCUT2D eigenvalue weighted by molar-refractivity contribution is 0.601. The molecule has 0 heterocycles. The molecule has 0 saturated carbocycles. The summed E-state index contributed by atoms with van der Waals surface area (Å²) >= 11 is 0. The van der Waals surface area contributed by atoms with Gasteiger partial charge in [0.25, 0.3) is 10.0 Å². The Bertz CT molecular complexity index is 1010. The van der Waals surface area contributed by atoms with Gasteiger partial charge in [-0.1, -0.05) is 62.9 Å². The fraction of sp³-hybridized carbons (Fsp3) is 0.167. The molecule has 0 amide bonds. The van der Waals surface area contributed by atoms with Crippen molar-refractivity contribution in [1.29, 1.82) is 0 Å². The Labute approximate surface area is 174 Å². The van der Waals surface area contributed by atoms with Crippen LogP contribution in [0.2, 0.25) is 0 Å². The maximum Gasteiger partial charge on any atom is 0.261 e. The molecule has 0 atom stereocenters. The molecule has 152 valence electrons. The highest BCUT2D eigenvalue weighted by Crippen LogP contribution is 2.17. The van der Waals surface area contributed by atoms with E-state index in [1.165, 1.54) is 11.1 Å². The fourth-order valence-corrected chi connectivity index (χ4v) is 3.62. The van der Waals surface area contributed by atoms with Gasteiger partial charge >= 0.3 is 0 Å². The third-order valence-corrected chi connectivity index (χ3v) is 5.83. The number of anilines is 2. The number of nitrogens with one attached hydrogen (secondary N) is 1. The molecule has 0 radical (unpaired) electrons. The van der Waals surface area contributed by atoms with E-state index in [0.717, 1.165) is 24.1 Å². The summed E-state index contributed by atoms with van der Waals surface area (Å²) in [5.74, 6) is 0. The second kappa shape index (κ2) is 10.5. The van der Waals surface area contributed by atoms with Crippen LogP contribution in [0.3, 0.4) is 0 Å². The molecule has 3 aromatic rings. The van der Waals surface area contributed by atoms with Gasteiger partial charge < -0.3 is 5.73 Å². The summed E-state index contributed by atoms with van der Waals surface area (Å²) in [6.07, 6.45) is 3.68. The molecule has 0 aliphatic carbocycles. The molecule has 0 fully saturated rings. The first-order valence-corrected chi connectivity index (χ1v) is 11.0. The van der Waals surface area contributed by atoms with Crippen LogP contribution in [-0.2, 0) is 22.9 Å². The van der Waals surface area contributed by atoms with Crippen LogP contribution in [0.25, 0.3) is 6.08 Å². The van der Waals surface area contributed by atoms with Gasteiger partial charge in [-0.05, 0) is 65.9 Å². The Hall–Kier alpha value is -3.05. The van der Waals surface area contributed by atoms with Crippen molar-refractivity contribution in [2.24, 2.45) is 0 Å². The number of hydrogen-bond donors (Lipinski definition) is 2. The van der Waals surface area contributed by atoms with E-state index in [9.17, 15) is 8.42 Å². The number of aryl methyl sites for hydroxylation is 2. The summed E-state index contributed by atoms with van der Waals surface area (Å²) in [6.45, 7) is 7.83. The first-order valence-electron chi connectivity index (χ1n) is 9.56. The van der Waals surface area contributed by atoms with Crippen molar-refractivity contribution in [2.45, 2.75) is 31.6 Å². The van der Waals surface area contributed by atoms with Gasteiger partial charge in [-0.2, -0.15) is 0 Å². The van der Waals surface area contributed by atoms with E-state index in [4.69, 9.17) is 5.73 Å². The number of sulfonamides is 1. The van der Waals surface area contributed by atoms with Gasteiger partial charge in [0.15, 0.2) is 0 Å². The molecule has 0 aromatic heterocycles. The summed E-state index contributed by atoms with van der Waals surface area (Å²) in [5, 5.41) is 0. The first-order chi connectivity index (χ1) is 13.9. The molecule has 0 aliphatic rings. The standard InChI is InChI=1S/C16H17NO2S.C8H11N/c1-3-13-5-9-15(10-6-13)17-20(18,19)16-11-7-14(4-2)8-12-16;1-2-7-3-5-8(9)6-4-7/h4-12,17H,2-3H2,1H3;3-6H,2,9H2,1H3. The van der Waals surface area contributed by atoms with E-state index in [0.29, 0.717) is 5.69 Å². The van der Waals surface area contributed by atoms with Crippen molar-refractivity contribution in [3.05, 3.63) is 96.1 Å². The fourth-order valence-electron chi connectivity index (χ4n) is 2.56. The van der Waals surface area contributed by atoms with Crippen LogP contribution >= 0.6 is 0 Å². The van der Waals surface area contributed by atoms with Crippen LogP contribution in [0.1, 0.15) is 30.5 Å². The van der Waals surface area contributed by atoms with E-state index in [1.807, 2.05) is 24.3 Å². The maximum absolute atomic E-state index is 12.2. The predicted molar refractivity (Wildman–Crippen MR) is 123 cm³/mol. The minimum atomic E-state index is -3.54. The molecule has 0 aliphatic heterocycles. The van der Waals surface area contributed by atoms with Crippen molar-refractivity contribution >= 4 is 27.5 Å². The van der Waals surface area contributed by atoms with Crippen LogP contribution < -0.4 is 10.5 Å². The van der Waals surface area contributed by atoms with Crippen LogP contribution in [0, 0.1) is 0 Å². The van der Waals surface area contributed by atoms with E-state index in [1.54, 1.807) is 42.5 Å². The zero-order valence-electron chi connectivity index (χ0n) is 16.9. The molecule has 0 spiro atoms. The molecular formula is C24H28N2O2S. The molecule has 0 unspecified atom stereocenters. The van der Waals surface area contributed by atoms with E-state index >= 15 is 0 Å². The Morgan fingerprint density at radius 2 is 1.31 bits per heavy atom. The average Bonchev–Trinajstić information content (AvgIpc) is 2.75. The minimum Gasteiger partial charge on any atom is -0.399 e. The number of hydrogen-bond acceptors (Lipinski definition) is 3. The normalized spacial score (nSPS) is 10.6. The lowest BCUT2D eigenvalue weighted by atomic mass is 10.2. The van der Waals surface area contributed by atoms with Crippen molar-refractivity contribution < 1.29 is 8.42 Å². The summed E-state index contributed by atoms with van der Waals surface area (Å²) in [6, 6.07) is 21.9. The average molecular weight is 409 g/mol. The number of nitrogen functional groups attached to an aromatic ring is 1. The third-order valence-electron chi connectivity index (χ3n) is 4.43. The van der Waals surface area contributed by atoms with Crippen LogP contribution in [0.5, 0.6) is 0 Å². The lowest BCUT2D eigenvalue weighted by Gasteiger charge is -2.09. The molecule has 5 heteroatoms. The molecule has 3 rings (SSSR count). The predicted octanol–water partition coefficient (Wildman–Crippen LogP) is 5.52. The van der Waals surface area contributed by atoms with Crippen molar-refractivity contribution in [1.82, 2.24) is 0 Å². The van der Waals surface area contributed by atoms with Crippen LogP contribution in [-0.4, -0.2) is 8.42 Å². The summed E-state index contributed by atoms with van der Waals surface area (Å²) in [4.78, 5) is 0.239. The van der Waals surface area contributed by atoms with Crippen LogP contribution in [0.4, 0.5) is 11.4 Å². The quantitative estimate of drug-likeness (QED) is 0.527.